The van der Waals surface area contributed by atoms with Crippen molar-refractivity contribution >= 4 is 34.5 Å². The number of hydrogen-bond donors (Lipinski definition) is 1. The van der Waals surface area contributed by atoms with Gasteiger partial charge in [0, 0.05) is 17.3 Å². The van der Waals surface area contributed by atoms with Crippen molar-refractivity contribution in [1.82, 2.24) is 4.98 Å². The summed E-state index contributed by atoms with van der Waals surface area (Å²) in [5.74, 6) is 0. The summed E-state index contributed by atoms with van der Waals surface area (Å²) in [6.45, 7) is 0. The Kier molecular flexibility index (Phi) is 4.65. The van der Waals surface area contributed by atoms with E-state index >= 15 is 0 Å². The summed E-state index contributed by atoms with van der Waals surface area (Å²) in [5.41, 5.74) is 10.3. The maximum Gasteiger partial charge on any atom is 0.0728 e. The molecule has 0 radical (unpaired) electrons. The molecular formula is C19H14Cl2N2. The fraction of sp³-hybridized carbons (Fsp3) is 0. The molecule has 4 heteroatoms. The molecule has 3 aromatic rings. The lowest BCUT2D eigenvalue weighted by Gasteiger charge is -2.14. The van der Waals surface area contributed by atoms with Crippen LogP contribution in [0, 0.1) is 0 Å². The highest BCUT2D eigenvalue weighted by atomic mass is 35.5. The zero-order valence-corrected chi connectivity index (χ0v) is 13.7. The van der Waals surface area contributed by atoms with E-state index in [1.807, 2.05) is 60.7 Å². The van der Waals surface area contributed by atoms with Gasteiger partial charge in [0.2, 0.25) is 0 Å². The molecular weight excluding hydrogens is 327 g/mol. The van der Waals surface area contributed by atoms with Crippen molar-refractivity contribution in [2.75, 3.05) is 0 Å². The van der Waals surface area contributed by atoms with Gasteiger partial charge >= 0.3 is 0 Å². The van der Waals surface area contributed by atoms with Crippen LogP contribution in [0.2, 0.25) is 10.0 Å². The molecule has 0 unspecified atom stereocenters. The first-order valence-electron chi connectivity index (χ1n) is 7.09. The lowest BCUT2D eigenvalue weighted by Crippen LogP contribution is -2.04. The smallest absolute Gasteiger partial charge is 0.0728 e. The Morgan fingerprint density at radius 1 is 0.826 bits per heavy atom. The molecule has 114 valence electrons. The predicted octanol–water partition coefficient (Wildman–Crippen LogP) is 5.26. The molecule has 0 saturated carbocycles. The van der Waals surface area contributed by atoms with Gasteiger partial charge in [-0.15, -0.1) is 0 Å². The van der Waals surface area contributed by atoms with Gasteiger partial charge in [0.1, 0.15) is 0 Å². The number of rotatable bonds is 3. The van der Waals surface area contributed by atoms with Crippen LogP contribution in [0.1, 0.15) is 16.8 Å². The van der Waals surface area contributed by atoms with Crippen LogP contribution in [0.3, 0.4) is 0 Å². The van der Waals surface area contributed by atoms with Gasteiger partial charge in [0.05, 0.1) is 21.4 Å². The zero-order chi connectivity index (χ0) is 16.2. The molecule has 0 aliphatic heterocycles. The maximum atomic E-state index is 6.47. The highest BCUT2D eigenvalue weighted by molar-refractivity contribution is 6.43. The van der Waals surface area contributed by atoms with Crippen LogP contribution in [0.5, 0.6) is 0 Å². The Bertz CT molecular complexity index is 802. The first-order valence-corrected chi connectivity index (χ1v) is 7.85. The second-order valence-corrected chi connectivity index (χ2v) is 5.76. The molecule has 2 N–H and O–H groups in total. The van der Waals surface area contributed by atoms with E-state index in [4.69, 9.17) is 28.9 Å². The maximum absolute atomic E-state index is 6.47. The molecule has 2 nitrogen and oxygen atoms in total. The number of benzene rings is 2. The summed E-state index contributed by atoms with van der Waals surface area (Å²) in [7, 11) is 0. The monoisotopic (exact) mass is 340 g/mol. The predicted molar refractivity (Wildman–Crippen MR) is 97.2 cm³/mol. The molecule has 0 amide bonds. The fourth-order valence-electron chi connectivity index (χ4n) is 2.40. The van der Waals surface area contributed by atoms with Crippen molar-refractivity contribution in [2.45, 2.75) is 0 Å². The van der Waals surface area contributed by atoms with Crippen LogP contribution in [0.25, 0.3) is 11.3 Å². The Labute approximate surface area is 145 Å². The first-order chi connectivity index (χ1) is 11.2. The molecule has 0 fully saturated rings. The summed E-state index contributed by atoms with van der Waals surface area (Å²) in [6, 6.07) is 21.0. The second-order valence-electron chi connectivity index (χ2n) is 4.97. The van der Waals surface area contributed by atoms with E-state index in [0.29, 0.717) is 21.3 Å². The minimum Gasteiger partial charge on any atom is -0.398 e. The van der Waals surface area contributed by atoms with Gasteiger partial charge in [-0.2, -0.15) is 0 Å². The topological polar surface area (TPSA) is 38.9 Å². The van der Waals surface area contributed by atoms with E-state index in [9.17, 15) is 0 Å². The Morgan fingerprint density at radius 2 is 1.57 bits per heavy atom. The molecule has 0 aliphatic rings. The highest BCUT2D eigenvalue weighted by Crippen LogP contribution is 2.34. The third kappa shape index (κ3) is 3.24. The molecule has 0 atom stereocenters. The van der Waals surface area contributed by atoms with E-state index in [1.54, 1.807) is 12.3 Å². The molecule has 0 spiro atoms. The van der Waals surface area contributed by atoms with Crippen LogP contribution in [0.15, 0.2) is 72.9 Å². The number of nitrogens with two attached hydrogens (primary N) is 1. The van der Waals surface area contributed by atoms with Crippen molar-refractivity contribution in [3.63, 3.8) is 0 Å². The number of hydrogen-bond acceptors (Lipinski definition) is 2. The molecule has 0 bridgehead atoms. The first kappa shape index (κ1) is 15.6. The van der Waals surface area contributed by atoms with Gasteiger partial charge in [-0.3, -0.25) is 4.98 Å². The minimum absolute atomic E-state index is 0.441. The third-order valence-corrected chi connectivity index (χ3v) is 4.31. The van der Waals surface area contributed by atoms with Crippen LogP contribution in [-0.2, 0) is 0 Å². The number of nitrogens with zero attached hydrogens (tertiary/aromatic N) is 1. The summed E-state index contributed by atoms with van der Waals surface area (Å²) < 4.78 is 0. The normalized spacial score (nSPS) is 11.9. The van der Waals surface area contributed by atoms with Gasteiger partial charge in [-0.1, -0.05) is 71.7 Å². The lowest BCUT2D eigenvalue weighted by atomic mass is 9.96. The molecule has 0 aliphatic carbocycles. The van der Waals surface area contributed by atoms with Crippen molar-refractivity contribution in [3.05, 3.63) is 99.8 Å². The van der Waals surface area contributed by atoms with Gasteiger partial charge in [0.25, 0.3) is 0 Å². The number of pyridine rings is 1. The average Bonchev–Trinajstić information content (AvgIpc) is 2.59. The largest absolute Gasteiger partial charge is 0.398 e. The molecule has 3 rings (SSSR count). The Morgan fingerprint density at radius 3 is 2.26 bits per heavy atom. The molecule has 1 aromatic heterocycles. The molecule has 0 saturated heterocycles. The van der Waals surface area contributed by atoms with Gasteiger partial charge in [0.15, 0.2) is 0 Å². The van der Waals surface area contributed by atoms with Crippen LogP contribution >= 0.6 is 23.2 Å². The summed E-state index contributed by atoms with van der Waals surface area (Å²) in [6.07, 6.45) is 1.74. The Balaban J connectivity index is 2.28. The van der Waals surface area contributed by atoms with E-state index in [-0.39, 0.29) is 0 Å². The van der Waals surface area contributed by atoms with E-state index in [0.717, 1.165) is 16.8 Å². The van der Waals surface area contributed by atoms with Crippen molar-refractivity contribution in [3.8, 4) is 0 Å². The third-order valence-electron chi connectivity index (χ3n) is 3.49. The standard InChI is InChI=1S/C19H14Cl2N2/c20-15-10-6-9-14(18(15)21)19(22)17(13-7-2-1-3-8-13)16-11-4-5-12-23-16/h1-12H,22H2/b19-17+. The minimum atomic E-state index is 0.441. The number of aromatic nitrogens is 1. The number of halogens is 2. The van der Waals surface area contributed by atoms with Crippen molar-refractivity contribution in [1.29, 1.82) is 0 Å². The van der Waals surface area contributed by atoms with E-state index < -0.39 is 0 Å². The van der Waals surface area contributed by atoms with Crippen LogP contribution < -0.4 is 5.73 Å². The van der Waals surface area contributed by atoms with E-state index in [2.05, 4.69) is 4.98 Å². The quantitative estimate of drug-likeness (QED) is 0.660. The van der Waals surface area contributed by atoms with Crippen LogP contribution in [-0.4, -0.2) is 4.98 Å². The lowest BCUT2D eigenvalue weighted by molar-refractivity contribution is 1.27. The molecule has 1 heterocycles. The van der Waals surface area contributed by atoms with Gasteiger partial charge in [-0.25, -0.2) is 0 Å². The van der Waals surface area contributed by atoms with Gasteiger partial charge < -0.3 is 5.73 Å². The molecule has 2 aromatic carbocycles. The van der Waals surface area contributed by atoms with Crippen LogP contribution in [0.4, 0.5) is 0 Å². The highest BCUT2D eigenvalue weighted by Gasteiger charge is 2.15. The van der Waals surface area contributed by atoms with Crippen molar-refractivity contribution < 1.29 is 0 Å². The zero-order valence-electron chi connectivity index (χ0n) is 12.2. The summed E-state index contributed by atoms with van der Waals surface area (Å²) in [5, 5.41) is 0.913. The molecule has 23 heavy (non-hydrogen) atoms. The van der Waals surface area contributed by atoms with Crippen molar-refractivity contribution in [2.24, 2.45) is 5.73 Å². The SMILES string of the molecule is N/C(=C(\c1ccccc1)c1ccccn1)c1cccc(Cl)c1Cl. The summed E-state index contributed by atoms with van der Waals surface area (Å²) in [4.78, 5) is 4.44. The Hall–Kier alpha value is -2.29. The average molecular weight is 341 g/mol. The summed E-state index contributed by atoms with van der Waals surface area (Å²) >= 11 is 12.5. The second kappa shape index (κ2) is 6.86. The fourth-order valence-corrected chi connectivity index (χ4v) is 2.81. The van der Waals surface area contributed by atoms with Gasteiger partial charge in [-0.05, 0) is 23.8 Å². The van der Waals surface area contributed by atoms with E-state index in [1.165, 1.54) is 0 Å².